The van der Waals surface area contributed by atoms with Crippen LogP contribution in [0.1, 0.15) is 6.92 Å². The Balaban J connectivity index is 4.69. The molecule has 0 spiro atoms. The van der Waals surface area contributed by atoms with E-state index in [1.54, 1.807) is 0 Å². The van der Waals surface area contributed by atoms with E-state index >= 15 is 0 Å². The summed E-state index contributed by atoms with van der Waals surface area (Å²) in [5, 5.41) is 0. The van der Waals surface area contributed by atoms with Crippen LogP contribution in [-0.4, -0.2) is 15.2 Å². The van der Waals surface area contributed by atoms with E-state index in [9.17, 15) is 0 Å². The molecular formula is C10H20Si2. The molecule has 0 aliphatic heterocycles. The second-order valence-electron chi connectivity index (χ2n) is 4.91. The fourth-order valence-electron chi connectivity index (χ4n) is 0.450. The van der Waals surface area contributed by atoms with Gasteiger partial charge in [0.25, 0.3) is 0 Å². The average molecular weight is 196 g/mol. The molecule has 0 fully saturated rings. The molecule has 0 aliphatic rings. The maximum atomic E-state index is 3.80. The highest BCUT2D eigenvalue weighted by molar-refractivity contribution is 7.43. The molecule has 0 aromatic heterocycles. The van der Waals surface area contributed by atoms with Crippen molar-refractivity contribution in [2.24, 2.45) is 0 Å². The molecule has 12 heavy (non-hydrogen) atoms. The summed E-state index contributed by atoms with van der Waals surface area (Å²) in [4.78, 5) is 0. The Hall–Kier alpha value is -0.266. The Morgan fingerprint density at radius 1 is 1.08 bits per heavy atom. The van der Waals surface area contributed by atoms with Gasteiger partial charge in [0.2, 0.25) is 0 Å². The van der Waals surface area contributed by atoms with Crippen LogP contribution in [0.25, 0.3) is 0 Å². The van der Waals surface area contributed by atoms with Crippen LogP contribution in [0.3, 0.4) is 0 Å². The lowest BCUT2D eigenvalue weighted by Crippen LogP contribution is -2.51. The molecule has 0 saturated heterocycles. The van der Waals surface area contributed by atoms with Gasteiger partial charge in [-0.2, -0.15) is 0 Å². The fourth-order valence-corrected chi connectivity index (χ4v) is 2.66. The van der Waals surface area contributed by atoms with Crippen LogP contribution < -0.4 is 0 Å². The highest BCUT2D eigenvalue weighted by atomic mass is 29.3. The smallest absolute Gasteiger partial charge is 0.123 e. The Morgan fingerprint density at radius 2 is 1.50 bits per heavy atom. The van der Waals surface area contributed by atoms with E-state index in [2.05, 4.69) is 50.8 Å². The number of rotatable bonds is 1. The molecular weight excluding hydrogens is 176 g/mol. The van der Waals surface area contributed by atoms with Crippen molar-refractivity contribution in [3.63, 3.8) is 0 Å². The summed E-state index contributed by atoms with van der Waals surface area (Å²) < 4.78 is 0. The number of hydrogen-bond donors (Lipinski definition) is 0. The highest BCUT2D eigenvalue weighted by Crippen LogP contribution is 2.17. The van der Waals surface area contributed by atoms with E-state index in [0.717, 1.165) is 5.57 Å². The predicted octanol–water partition coefficient (Wildman–Crippen LogP) is 3.23. The van der Waals surface area contributed by atoms with E-state index in [1.807, 2.05) is 6.92 Å². The van der Waals surface area contributed by atoms with Crippen LogP contribution in [0.4, 0.5) is 0 Å². The molecule has 0 atom stereocenters. The molecule has 68 valence electrons. The summed E-state index contributed by atoms with van der Waals surface area (Å²) in [6.07, 6.45) is 0. The van der Waals surface area contributed by atoms with Gasteiger partial charge in [0.1, 0.15) is 7.59 Å². The van der Waals surface area contributed by atoms with Crippen LogP contribution in [0.15, 0.2) is 12.2 Å². The largest absolute Gasteiger partial charge is 0.130 e. The Morgan fingerprint density at radius 3 is 1.75 bits per heavy atom. The number of allylic oxidation sites excluding steroid dienone is 1. The minimum absolute atomic E-state index is 0.994. The van der Waals surface area contributed by atoms with Gasteiger partial charge in [-0.25, -0.2) is 0 Å². The zero-order valence-electron chi connectivity index (χ0n) is 9.21. The lowest BCUT2D eigenvalue weighted by Gasteiger charge is -2.29. The first-order chi connectivity index (χ1) is 5.17. The molecule has 0 aromatic rings. The SMILES string of the molecule is C=C(C)C#C[Si](C)(C)[Si](C)(C)C. The van der Waals surface area contributed by atoms with Crippen LogP contribution in [0.2, 0.25) is 32.7 Å². The molecule has 0 saturated carbocycles. The zero-order valence-corrected chi connectivity index (χ0v) is 11.2. The zero-order chi connectivity index (χ0) is 9.99. The van der Waals surface area contributed by atoms with Crippen LogP contribution in [-0.2, 0) is 0 Å². The first kappa shape index (κ1) is 11.7. The Labute approximate surface area is 78.9 Å². The van der Waals surface area contributed by atoms with E-state index in [1.165, 1.54) is 0 Å². The van der Waals surface area contributed by atoms with Gasteiger partial charge >= 0.3 is 0 Å². The van der Waals surface area contributed by atoms with Gasteiger partial charge in [0.15, 0.2) is 0 Å². The topological polar surface area (TPSA) is 0 Å². The van der Waals surface area contributed by atoms with Gasteiger partial charge < -0.3 is 0 Å². The predicted molar refractivity (Wildman–Crippen MR) is 63.4 cm³/mol. The lowest BCUT2D eigenvalue weighted by atomic mass is 10.4. The minimum atomic E-state index is -1.25. The summed E-state index contributed by atoms with van der Waals surface area (Å²) in [7, 11) is -2.28. The van der Waals surface area contributed by atoms with Crippen molar-refractivity contribution < 1.29 is 0 Å². The maximum absolute atomic E-state index is 3.80. The van der Waals surface area contributed by atoms with Crippen molar-refractivity contribution >= 4 is 15.2 Å². The summed E-state index contributed by atoms with van der Waals surface area (Å²) in [6.45, 7) is 17.7. The van der Waals surface area contributed by atoms with Gasteiger partial charge in [-0.15, -0.1) is 5.54 Å². The third kappa shape index (κ3) is 3.42. The summed E-state index contributed by atoms with van der Waals surface area (Å²) >= 11 is 0. The van der Waals surface area contributed by atoms with Gasteiger partial charge in [0, 0.05) is 0 Å². The van der Waals surface area contributed by atoms with Gasteiger partial charge in [-0.1, -0.05) is 45.2 Å². The molecule has 0 aromatic carbocycles. The second kappa shape index (κ2) is 3.63. The maximum Gasteiger partial charge on any atom is 0.123 e. The molecule has 2 heteroatoms. The minimum Gasteiger partial charge on any atom is -0.130 e. The van der Waals surface area contributed by atoms with E-state index in [0.29, 0.717) is 0 Å². The third-order valence-electron chi connectivity index (χ3n) is 2.46. The lowest BCUT2D eigenvalue weighted by molar-refractivity contribution is 1.62. The highest BCUT2D eigenvalue weighted by Gasteiger charge is 2.35. The molecule has 0 heterocycles. The quantitative estimate of drug-likeness (QED) is 0.446. The van der Waals surface area contributed by atoms with Gasteiger partial charge in [-0.3, -0.25) is 0 Å². The van der Waals surface area contributed by atoms with Crippen molar-refractivity contribution in [2.75, 3.05) is 0 Å². The van der Waals surface area contributed by atoms with Gasteiger partial charge in [-0.05, 0) is 12.5 Å². The van der Waals surface area contributed by atoms with E-state index in [-0.39, 0.29) is 0 Å². The average Bonchev–Trinajstić information content (AvgIpc) is 1.81. The van der Waals surface area contributed by atoms with Crippen molar-refractivity contribution in [2.45, 2.75) is 39.7 Å². The third-order valence-corrected chi connectivity index (χ3v) is 18.6. The van der Waals surface area contributed by atoms with Crippen molar-refractivity contribution in [3.8, 4) is 11.5 Å². The second-order valence-corrected chi connectivity index (χ2v) is 21.2. The van der Waals surface area contributed by atoms with Crippen molar-refractivity contribution in [1.29, 1.82) is 0 Å². The normalized spacial score (nSPS) is 11.8. The molecule has 0 rings (SSSR count). The van der Waals surface area contributed by atoms with E-state index < -0.39 is 15.2 Å². The first-order valence-electron chi connectivity index (χ1n) is 4.35. The summed E-state index contributed by atoms with van der Waals surface area (Å²) in [6, 6.07) is 0. The number of hydrogen-bond acceptors (Lipinski definition) is 0. The van der Waals surface area contributed by atoms with Crippen molar-refractivity contribution in [1.82, 2.24) is 0 Å². The van der Waals surface area contributed by atoms with Crippen LogP contribution >= 0.6 is 0 Å². The molecule has 0 radical (unpaired) electrons. The standard InChI is InChI=1S/C10H20Si2/c1-10(2)8-9-12(6,7)11(3,4)5/h1H2,2-7H3. The van der Waals surface area contributed by atoms with Crippen molar-refractivity contribution in [3.05, 3.63) is 12.2 Å². The Bertz CT molecular complexity index is 233. The molecule has 0 nitrogen and oxygen atoms in total. The summed E-state index contributed by atoms with van der Waals surface area (Å²) in [5.74, 6) is 3.14. The molecule has 0 bridgehead atoms. The Kier molecular flexibility index (Phi) is 3.55. The molecule has 0 unspecified atom stereocenters. The fraction of sp³-hybridized carbons (Fsp3) is 0.600. The molecule has 0 amide bonds. The van der Waals surface area contributed by atoms with E-state index in [4.69, 9.17) is 0 Å². The first-order valence-corrected chi connectivity index (χ1v) is 11.9. The summed E-state index contributed by atoms with van der Waals surface area (Å²) in [5.41, 5.74) is 4.44. The molecule has 0 aliphatic carbocycles. The van der Waals surface area contributed by atoms with Crippen LogP contribution in [0.5, 0.6) is 0 Å². The van der Waals surface area contributed by atoms with Crippen LogP contribution in [0, 0.1) is 11.5 Å². The molecule has 0 N–H and O–H groups in total. The van der Waals surface area contributed by atoms with Gasteiger partial charge in [0.05, 0.1) is 7.59 Å². The monoisotopic (exact) mass is 196 g/mol.